The van der Waals surface area contributed by atoms with Crippen LogP contribution in [-0.2, 0) is 35.0 Å². The molecule has 4 N–H and O–H groups in total. The molecule has 276 valence electrons. The molecular formula is C36H59N5O8. The number of ether oxygens (including phenoxy) is 3. The Bertz CT molecular complexity index is 1180. The number of hydrogen-bond donors (Lipinski definition) is 4. The van der Waals surface area contributed by atoms with Crippen LogP contribution in [0.1, 0.15) is 91.5 Å². The van der Waals surface area contributed by atoms with Crippen molar-refractivity contribution in [2.75, 3.05) is 27.3 Å². The summed E-state index contributed by atoms with van der Waals surface area (Å²) >= 11 is 0. The number of nitrogens with zero attached hydrogens (tertiary/aromatic N) is 1. The van der Waals surface area contributed by atoms with Gasteiger partial charge in [0.1, 0.15) is 18.2 Å². The van der Waals surface area contributed by atoms with Crippen molar-refractivity contribution >= 4 is 30.0 Å². The number of benzene rings is 1. The van der Waals surface area contributed by atoms with Crippen LogP contribution in [0.15, 0.2) is 30.3 Å². The van der Waals surface area contributed by atoms with Gasteiger partial charge >= 0.3 is 18.2 Å². The molecule has 49 heavy (non-hydrogen) atoms. The average Bonchev–Trinajstić information content (AvgIpc) is 3.08. The summed E-state index contributed by atoms with van der Waals surface area (Å²) in [5.41, 5.74) is 3.91. The molecule has 0 heterocycles. The maximum absolute atomic E-state index is 13.8. The van der Waals surface area contributed by atoms with Crippen LogP contribution in [-0.4, -0.2) is 86.5 Å². The van der Waals surface area contributed by atoms with E-state index in [0.717, 1.165) is 44.1 Å². The Morgan fingerprint density at radius 3 is 1.92 bits per heavy atom. The fourth-order valence-electron chi connectivity index (χ4n) is 5.94. The van der Waals surface area contributed by atoms with E-state index in [-0.39, 0.29) is 30.7 Å². The molecule has 0 spiro atoms. The summed E-state index contributed by atoms with van der Waals surface area (Å²) in [6.07, 6.45) is 4.88. The number of carbonyl (C=O) groups is 5. The van der Waals surface area contributed by atoms with E-state index >= 15 is 0 Å². The predicted molar refractivity (Wildman–Crippen MR) is 186 cm³/mol. The van der Waals surface area contributed by atoms with E-state index < -0.39 is 54.2 Å². The summed E-state index contributed by atoms with van der Waals surface area (Å²) in [5.74, 6) is -1.55. The molecule has 0 bridgehead atoms. The lowest BCUT2D eigenvalue weighted by Crippen LogP contribution is -2.60. The van der Waals surface area contributed by atoms with Gasteiger partial charge in [0.25, 0.3) is 5.91 Å². The summed E-state index contributed by atoms with van der Waals surface area (Å²) in [5, 5.41) is 10.1. The summed E-state index contributed by atoms with van der Waals surface area (Å²) in [6.45, 7) is 9.80. The monoisotopic (exact) mass is 689 g/mol. The fourth-order valence-corrected chi connectivity index (χ4v) is 5.94. The van der Waals surface area contributed by atoms with Crippen LogP contribution in [0.3, 0.4) is 0 Å². The van der Waals surface area contributed by atoms with Crippen molar-refractivity contribution in [3.8, 4) is 0 Å². The van der Waals surface area contributed by atoms with E-state index in [0.29, 0.717) is 19.4 Å². The summed E-state index contributed by atoms with van der Waals surface area (Å²) in [4.78, 5) is 65.0. The molecule has 0 aromatic heterocycles. The second-order valence-corrected chi connectivity index (χ2v) is 13.5. The predicted octanol–water partition coefficient (Wildman–Crippen LogP) is 4.49. The highest BCUT2D eigenvalue weighted by atomic mass is 16.5. The van der Waals surface area contributed by atoms with E-state index in [1.54, 1.807) is 5.01 Å². The third-order valence-electron chi connectivity index (χ3n) is 8.78. The second-order valence-electron chi connectivity index (χ2n) is 13.5. The van der Waals surface area contributed by atoms with Gasteiger partial charge in [0, 0.05) is 13.0 Å². The van der Waals surface area contributed by atoms with Crippen LogP contribution in [0.4, 0.5) is 9.59 Å². The highest BCUT2D eigenvalue weighted by molar-refractivity contribution is 5.86. The molecule has 0 radical (unpaired) electrons. The maximum Gasteiger partial charge on any atom is 0.407 e. The van der Waals surface area contributed by atoms with Crippen LogP contribution in [0.5, 0.6) is 0 Å². The molecule has 1 aromatic carbocycles. The van der Waals surface area contributed by atoms with Gasteiger partial charge in [-0.1, -0.05) is 90.6 Å². The highest BCUT2D eigenvalue weighted by Gasteiger charge is 2.35. The molecule has 1 aliphatic carbocycles. The minimum atomic E-state index is -0.920. The molecule has 1 fully saturated rings. The maximum atomic E-state index is 13.8. The minimum Gasteiger partial charge on any atom is -0.459 e. The van der Waals surface area contributed by atoms with Gasteiger partial charge in [-0.2, -0.15) is 0 Å². The molecule has 4 atom stereocenters. The van der Waals surface area contributed by atoms with Gasteiger partial charge in [-0.3, -0.25) is 19.8 Å². The molecule has 13 nitrogen and oxygen atoms in total. The smallest absolute Gasteiger partial charge is 0.407 e. The molecule has 1 aromatic rings. The Balaban J connectivity index is 2.54. The number of alkyl carbamates (subject to hydrolysis) is 2. The Hall–Kier alpha value is -3.87. The molecule has 0 unspecified atom stereocenters. The number of nitrogens with one attached hydrogen (secondary N) is 4. The van der Waals surface area contributed by atoms with Crippen LogP contribution in [0.2, 0.25) is 0 Å². The Morgan fingerprint density at radius 1 is 0.816 bits per heavy atom. The Morgan fingerprint density at radius 2 is 1.39 bits per heavy atom. The first kappa shape index (κ1) is 41.3. The number of carbonyl (C=O) groups excluding carboxylic acids is 5. The minimum absolute atomic E-state index is 0.0672. The molecule has 13 heteroatoms. The number of rotatable bonds is 19. The molecule has 4 amide bonds. The van der Waals surface area contributed by atoms with Crippen molar-refractivity contribution in [2.24, 2.45) is 17.8 Å². The quantitative estimate of drug-likeness (QED) is 0.0931. The lowest BCUT2D eigenvalue weighted by molar-refractivity contribution is -0.154. The third kappa shape index (κ3) is 15.1. The van der Waals surface area contributed by atoms with Crippen LogP contribution in [0, 0.1) is 17.8 Å². The van der Waals surface area contributed by atoms with E-state index in [1.807, 2.05) is 65.0 Å². The van der Waals surface area contributed by atoms with Gasteiger partial charge in [0.15, 0.2) is 0 Å². The molecule has 1 aliphatic rings. The second kappa shape index (κ2) is 22.0. The number of amides is 4. The fraction of sp³-hybridized carbons (Fsp3) is 0.694. The third-order valence-corrected chi connectivity index (χ3v) is 8.78. The van der Waals surface area contributed by atoms with Crippen molar-refractivity contribution in [1.82, 2.24) is 26.4 Å². The normalized spacial score (nSPS) is 15.9. The number of hydrazine groups is 1. The van der Waals surface area contributed by atoms with Crippen LogP contribution >= 0.6 is 0 Å². The van der Waals surface area contributed by atoms with E-state index in [1.165, 1.54) is 14.2 Å². The van der Waals surface area contributed by atoms with Gasteiger partial charge < -0.3 is 30.2 Å². The van der Waals surface area contributed by atoms with Crippen molar-refractivity contribution in [2.45, 2.75) is 117 Å². The molecule has 2 rings (SSSR count). The largest absolute Gasteiger partial charge is 0.459 e. The van der Waals surface area contributed by atoms with Gasteiger partial charge in [0.05, 0.1) is 26.8 Å². The van der Waals surface area contributed by atoms with Crippen molar-refractivity contribution in [3.05, 3.63) is 35.9 Å². The van der Waals surface area contributed by atoms with Gasteiger partial charge in [-0.15, -0.1) is 0 Å². The zero-order valence-electron chi connectivity index (χ0n) is 30.4. The number of unbranched alkanes of at least 4 members (excludes halogenated alkanes) is 1. The van der Waals surface area contributed by atoms with Gasteiger partial charge in [-0.05, 0) is 49.0 Å². The number of esters is 1. The first-order valence-corrected chi connectivity index (χ1v) is 17.7. The first-order chi connectivity index (χ1) is 23.4. The molecular weight excluding hydrogens is 630 g/mol. The van der Waals surface area contributed by atoms with Crippen molar-refractivity contribution in [1.29, 1.82) is 0 Å². The number of methoxy groups -OCH3 is 2. The Kier molecular flexibility index (Phi) is 18.5. The lowest BCUT2D eigenvalue weighted by atomic mass is 9.89. The zero-order chi connectivity index (χ0) is 36.3. The van der Waals surface area contributed by atoms with Crippen molar-refractivity contribution < 1.29 is 38.2 Å². The molecule has 0 aliphatic heterocycles. The number of hydrogen-bond acceptors (Lipinski definition) is 9. The topological polar surface area (TPSA) is 164 Å². The average molecular weight is 690 g/mol. The molecule has 1 saturated carbocycles. The van der Waals surface area contributed by atoms with E-state index in [9.17, 15) is 24.0 Å². The molecule has 0 saturated heterocycles. The summed E-state index contributed by atoms with van der Waals surface area (Å²) in [6, 6.07) is 6.98. The van der Waals surface area contributed by atoms with Gasteiger partial charge in [-0.25, -0.2) is 14.6 Å². The SMILES string of the molecule is CCCCC(=O)O[C@@H](CN(CC1CCCCC1)NC(=O)[C@@H](NC(=O)OC)C(C)C)[C@H](Cc1ccccc1)NC(=O)[C@@H](NC(=O)OC)C(C)C. The van der Waals surface area contributed by atoms with E-state index in [2.05, 4.69) is 21.4 Å². The van der Waals surface area contributed by atoms with Crippen molar-refractivity contribution in [3.63, 3.8) is 0 Å². The van der Waals surface area contributed by atoms with Crippen LogP contribution in [0.25, 0.3) is 0 Å². The van der Waals surface area contributed by atoms with Crippen LogP contribution < -0.4 is 21.4 Å². The zero-order valence-corrected chi connectivity index (χ0v) is 30.4. The summed E-state index contributed by atoms with van der Waals surface area (Å²) < 4.78 is 15.7. The summed E-state index contributed by atoms with van der Waals surface area (Å²) in [7, 11) is 2.47. The highest BCUT2D eigenvalue weighted by Crippen LogP contribution is 2.25. The van der Waals surface area contributed by atoms with Gasteiger partial charge in [0.2, 0.25) is 5.91 Å². The first-order valence-electron chi connectivity index (χ1n) is 17.7. The van der Waals surface area contributed by atoms with E-state index in [4.69, 9.17) is 14.2 Å². The Labute approximate surface area is 291 Å². The standard InChI is InChI=1S/C36H59N5O8/c1-8-9-20-30(42)49-29(28(21-26-16-12-10-13-17-26)37-33(43)31(24(2)3)38-35(45)47-6)23-41(22-27-18-14-11-15-19-27)40-34(44)32(25(4)5)39-36(46)48-7/h10,12-13,16-17,24-25,27-29,31-32H,8-9,11,14-15,18-23H2,1-7H3,(H,37,43)(H,38,45)(H,39,46)(H,40,44)/t28-,29-,31-,32-/m0/s1. The lowest BCUT2D eigenvalue weighted by Gasteiger charge is -2.36.